The van der Waals surface area contributed by atoms with Gasteiger partial charge in [-0.05, 0) is 26.8 Å². The summed E-state index contributed by atoms with van der Waals surface area (Å²) in [6, 6.07) is 0.113. The molecule has 2 aromatic rings. The Morgan fingerprint density at radius 1 is 1.42 bits per heavy atom. The first-order valence-electron chi connectivity index (χ1n) is 7.53. The van der Waals surface area contributed by atoms with Crippen LogP contribution in [-0.4, -0.2) is 37.4 Å². The van der Waals surface area contributed by atoms with Crippen molar-refractivity contribution in [2.45, 2.75) is 46.1 Å². The predicted molar refractivity (Wildman–Crippen MR) is 81.1 cm³/mol. The van der Waals surface area contributed by atoms with Crippen LogP contribution in [-0.2, 0) is 24.1 Å². The lowest BCUT2D eigenvalue weighted by Crippen LogP contribution is -2.33. The molecule has 6 nitrogen and oxygen atoms in total. The van der Waals surface area contributed by atoms with Crippen molar-refractivity contribution in [3.8, 4) is 0 Å². The molecule has 24 heavy (non-hydrogen) atoms. The fraction of sp³-hybridized carbons (Fsp3) is 0.533. The van der Waals surface area contributed by atoms with Gasteiger partial charge in [0.05, 0.1) is 6.20 Å². The van der Waals surface area contributed by atoms with E-state index in [-0.39, 0.29) is 11.6 Å². The van der Waals surface area contributed by atoms with Gasteiger partial charge < -0.3 is 4.90 Å². The van der Waals surface area contributed by atoms with Gasteiger partial charge in [-0.1, -0.05) is 0 Å². The van der Waals surface area contributed by atoms with Gasteiger partial charge in [-0.25, -0.2) is 0 Å². The monoisotopic (exact) mass is 343 g/mol. The number of alkyl halides is 3. The molecule has 9 heteroatoms. The molecule has 1 atom stereocenters. The second kappa shape index (κ2) is 6.66. The molecule has 0 N–H and O–H groups in total. The topological polar surface area (TPSA) is 56.0 Å². The lowest BCUT2D eigenvalue weighted by Gasteiger charge is -2.22. The number of amides is 1. The van der Waals surface area contributed by atoms with Gasteiger partial charge in [0, 0.05) is 37.6 Å². The van der Waals surface area contributed by atoms with E-state index < -0.39 is 17.9 Å². The van der Waals surface area contributed by atoms with Crippen molar-refractivity contribution in [1.29, 1.82) is 0 Å². The number of aromatic nitrogens is 4. The van der Waals surface area contributed by atoms with E-state index in [4.69, 9.17) is 0 Å². The molecule has 2 rings (SSSR count). The quantitative estimate of drug-likeness (QED) is 0.839. The van der Waals surface area contributed by atoms with Crippen molar-refractivity contribution >= 4 is 5.91 Å². The van der Waals surface area contributed by atoms with Crippen LogP contribution < -0.4 is 0 Å². The number of carbonyl (C=O) groups is 1. The molecule has 0 aliphatic carbocycles. The third kappa shape index (κ3) is 3.77. The summed E-state index contributed by atoms with van der Waals surface area (Å²) in [4.78, 5) is 13.9. The number of likely N-dealkylation sites (N-methyl/N-ethyl adjacent to an activating group) is 1. The van der Waals surface area contributed by atoms with Gasteiger partial charge in [0.15, 0.2) is 5.69 Å². The highest BCUT2D eigenvalue weighted by molar-refractivity contribution is 5.79. The highest BCUT2D eigenvalue weighted by atomic mass is 19.4. The number of halogens is 3. The molecule has 1 amide bonds. The molecule has 0 aliphatic heterocycles. The third-order valence-corrected chi connectivity index (χ3v) is 3.74. The van der Waals surface area contributed by atoms with Crippen molar-refractivity contribution in [2.24, 2.45) is 0 Å². The van der Waals surface area contributed by atoms with Gasteiger partial charge in [0.2, 0.25) is 5.91 Å². The van der Waals surface area contributed by atoms with E-state index in [0.717, 1.165) is 22.9 Å². The Labute approximate surface area is 137 Å². The fourth-order valence-electron chi connectivity index (χ4n) is 2.45. The first-order chi connectivity index (χ1) is 11.1. The summed E-state index contributed by atoms with van der Waals surface area (Å²) in [5.41, 5.74) is 0.148. The summed E-state index contributed by atoms with van der Waals surface area (Å²) in [6.45, 7) is 6.04. The van der Waals surface area contributed by atoms with E-state index in [0.29, 0.717) is 6.54 Å². The number of hydrogen-bond donors (Lipinski definition) is 0. The molecule has 0 aliphatic rings. The molecule has 0 unspecified atom stereocenters. The molecule has 0 bridgehead atoms. The molecular formula is C15H20F3N5O. The second-order valence-corrected chi connectivity index (χ2v) is 5.69. The van der Waals surface area contributed by atoms with Crippen LogP contribution in [0.4, 0.5) is 13.2 Å². The number of aryl methyl sites for hydroxylation is 2. The highest BCUT2D eigenvalue weighted by Crippen LogP contribution is 2.29. The summed E-state index contributed by atoms with van der Waals surface area (Å²) in [6.07, 6.45) is -1.03. The minimum Gasteiger partial charge on any atom is -0.339 e. The van der Waals surface area contributed by atoms with Gasteiger partial charge in [-0.3, -0.25) is 14.2 Å². The van der Waals surface area contributed by atoms with Gasteiger partial charge in [-0.15, -0.1) is 0 Å². The number of nitrogens with zero attached hydrogens (tertiary/aromatic N) is 5. The molecule has 0 radical (unpaired) electrons. The van der Waals surface area contributed by atoms with Gasteiger partial charge >= 0.3 is 6.18 Å². The van der Waals surface area contributed by atoms with Crippen LogP contribution in [0.3, 0.4) is 0 Å². The van der Waals surface area contributed by atoms with Crippen LogP contribution in [0.5, 0.6) is 0 Å². The number of rotatable bonds is 5. The average molecular weight is 343 g/mol. The predicted octanol–water partition coefficient (Wildman–Crippen LogP) is 2.65. The van der Waals surface area contributed by atoms with E-state index in [2.05, 4.69) is 10.2 Å². The van der Waals surface area contributed by atoms with E-state index in [1.54, 1.807) is 17.9 Å². The molecule has 0 fully saturated rings. The Kier molecular flexibility index (Phi) is 5.00. The molecule has 132 valence electrons. The van der Waals surface area contributed by atoms with Crippen LogP contribution in [0.1, 0.15) is 36.8 Å². The van der Waals surface area contributed by atoms with E-state index in [1.165, 1.54) is 18.7 Å². The Balaban J connectivity index is 2.12. The summed E-state index contributed by atoms with van der Waals surface area (Å²) >= 11 is 0. The van der Waals surface area contributed by atoms with Crippen LogP contribution in [0, 0.1) is 6.92 Å². The molecule has 0 aromatic carbocycles. The molecule has 2 heterocycles. The first-order valence-corrected chi connectivity index (χ1v) is 7.53. The van der Waals surface area contributed by atoms with Crippen molar-refractivity contribution in [3.63, 3.8) is 0 Å². The van der Waals surface area contributed by atoms with Crippen LogP contribution in [0.15, 0.2) is 18.5 Å². The molecule has 0 saturated heterocycles. The maximum Gasteiger partial charge on any atom is 0.435 e. The van der Waals surface area contributed by atoms with Gasteiger partial charge in [-0.2, -0.15) is 23.4 Å². The van der Waals surface area contributed by atoms with E-state index in [1.807, 2.05) is 13.1 Å². The zero-order chi connectivity index (χ0) is 18.1. The molecular weight excluding hydrogens is 323 g/mol. The Morgan fingerprint density at radius 2 is 2.08 bits per heavy atom. The smallest absolute Gasteiger partial charge is 0.339 e. The normalized spacial score (nSPS) is 13.1. The number of carbonyl (C=O) groups excluding carboxylic acids is 1. The molecule has 0 spiro atoms. The van der Waals surface area contributed by atoms with Crippen molar-refractivity contribution in [2.75, 3.05) is 7.05 Å². The van der Waals surface area contributed by atoms with Crippen LogP contribution in [0.25, 0.3) is 0 Å². The van der Waals surface area contributed by atoms with Crippen molar-refractivity contribution in [3.05, 3.63) is 35.4 Å². The molecule has 2 aromatic heterocycles. The zero-order valence-electron chi connectivity index (χ0n) is 14.0. The summed E-state index contributed by atoms with van der Waals surface area (Å²) in [7, 11) is 1.60. The maximum absolute atomic E-state index is 12.7. The Hall–Kier alpha value is -2.32. The first kappa shape index (κ1) is 18.0. The number of hydrogen-bond acceptors (Lipinski definition) is 3. The summed E-state index contributed by atoms with van der Waals surface area (Å²) in [5, 5.41) is 7.67. The zero-order valence-corrected chi connectivity index (χ0v) is 14.0. The SMILES string of the molecule is CCn1cc(CN(C)C(=O)[C@H](C)n2nc(C(F)(F)F)cc2C)cn1. The summed E-state index contributed by atoms with van der Waals surface area (Å²) < 4.78 is 41.1. The highest BCUT2D eigenvalue weighted by Gasteiger charge is 2.35. The van der Waals surface area contributed by atoms with Crippen LogP contribution >= 0.6 is 0 Å². The maximum atomic E-state index is 12.7. The molecule has 0 saturated carbocycles. The van der Waals surface area contributed by atoms with Crippen LogP contribution in [0.2, 0.25) is 0 Å². The second-order valence-electron chi connectivity index (χ2n) is 5.69. The Morgan fingerprint density at radius 3 is 2.58 bits per heavy atom. The lowest BCUT2D eigenvalue weighted by atomic mass is 10.2. The van der Waals surface area contributed by atoms with Crippen molar-refractivity contribution in [1.82, 2.24) is 24.5 Å². The third-order valence-electron chi connectivity index (χ3n) is 3.74. The van der Waals surface area contributed by atoms with E-state index in [9.17, 15) is 18.0 Å². The summed E-state index contributed by atoms with van der Waals surface area (Å²) in [5.74, 6) is -0.320. The van der Waals surface area contributed by atoms with Crippen molar-refractivity contribution < 1.29 is 18.0 Å². The minimum absolute atomic E-state index is 0.287. The van der Waals surface area contributed by atoms with E-state index >= 15 is 0 Å². The van der Waals surface area contributed by atoms with Gasteiger partial charge in [0.1, 0.15) is 6.04 Å². The van der Waals surface area contributed by atoms with Gasteiger partial charge in [0.25, 0.3) is 0 Å². The Bertz CT molecular complexity index is 719. The largest absolute Gasteiger partial charge is 0.435 e. The fourth-order valence-corrected chi connectivity index (χ4v) is 2.45. The minimum atomic E-state index is -4.53. The standard InChI is InChI=1S/C15H20F3N5O/c1-5-22-9-12(7-19-22)8-21(4)14(24)11(3)23-10(2)6-13(20-23)15(16,17)18/h6-7,9,11H,5,8H2,1-4H3/t11-/m0/s1. The average Bonchev–Trinajstić information content (AvgIpc) is 3.11. The lowest BCUT2D eigenvalue weighted by molar-refractivity contribution is -0.142.